The third kappa shape index (κ3) is 2.50. The fraction of sp³-hybridized carbons (Fsp3) is 0.500. The van der Waals surface area contributed by atoms with Gasteiger partial charge in [0.25, 0.3) is 0 Å². The first-order valence-electron chi connectivity index (χ1n) is 5.48. The molecule has 0 aromatic heterocycles. The topological polar surface area (TPSA) is 35.2 Å². The van der Waals surface area contributed by atoms with E-state index in [0.717, 1.165) is 12.8 Å². The molecule has 1 heterocycles. The van der Waals surface area contributed by atoms with Crippen LogP contribution >= 0.6 is 27.5 Å². The van der Waals surface area contributed by atoms with E-state index in [-0.39, 0.29) is 5.82 Å². The quantitative estimate of drug-likeness (QED) is 0.840. The van der Waals surface area contributed by atoms with Gasteiger partial charge in [-0.1, -0.05) is 11.6 Å². The van der Waals surface area contributed by atoms with Crippen molar-refractivity contribution in [1.82, 2.24) is 0 Å². The Balaban J connectivity index is 2.36. The van der Waals surface area contributed by atoms with Gasteiger partial charge in [-0.05, 0) is 47.8 Å². The molecule has 0 aliphatic carbocycles. The maximum absolute atomic E-state index is 13.9. The molecule has 1 aromatic carbocycles. The Bertz CT molecular complexity index is 435. The van der Waals surface area contributed by atoms with E-state index in [1.807, 2.05) is 6.92 Å². The van der Waals surface area contributed by atoms with E-state index in [1.54, 1.807) is 6.07 Å². The largest absolute Gasteiger partial charge is 0.373 e. The van der Waals surface area contributed by atoms with Crippen molar-refractivity contribution in [2.24, 2.45) is 5.73 Å². The molecular weight excluding hydrogens is 308 g/mol. The molecule has 0 spiro atoms. The molecule has 1 aliphatic rings. The monoisotopic (exact) mass is 321 g/mol. The smallest absolute Gasteiger partial charge is 0.129 e. The third-order valence-electron chi connectivity index (χ3n) is 3.28. The van der Waals surface area contributed by atoms with Crippen molar-refractivity contribution in [2.75, 3.05) is 6.61 Å². The van der Waals surface area contributed by atoms with Gasteiger partial charge < -0.3 is 10.5 Å². The van der Waals surface area contributed by atoms with Crippen molar-refractivity contribution < 1.29 is 9.13 Å². The predicted octanol–water partition coefficient (Wildman–Crippen LogP) is 3.81. The number of nitrogens with two attached hydrogens (primary N) is 1. The van der Waals surface area contributed by atoms with Gasteiger partial charge in [-0.2, -0.15) is 0 Å². The molecule has 94 valence electrons. The van der Waals surface area contributed by atoms with Crippen LogP contribution in [0.3, 0.4) is 0 Å². The van der Waals surface area contributed by atoms with E-state index in [1.165, 1.54) is 6.07 Å². The summed E-state index contributed by atoms with van der Waals surface area (Å²) in [5.74, 6) is -0.356. The van der Waals surface area contributed by atoms with Crippen LogP contribution in [0.25, 0.3) is 0 Å². The van der Waals surface area contributed by atoms with Gasteiger partial charge in [-0.3, -0.25) is 0 Å². The van der Waals surface area contributed by atoms with Crippen molar-refractivity contribution in [3.63, 3.8) is 0 Å². The lowest BCUT2D eigenvalue weighted by Crippen LogP contribution is -2.38. The summed E-state index contributed by atoms with van der Waals surface area (Å²) in [5, 5.41) is 0.457. The molecule has 2 rings (SSSR count). The van der Waals surface area contributed by atoms with E-state index in [4.69, 9.17) is 22.1 Å². The van der Waals surface area contributed by atoms with Crippen molar-refractivity contribution in [3.05, 3.63) is 33.0 Å². The summed E-state index contributed by atoms with van der Waals surface area (Å²) in [5.41, 5.74) is 6.02. The molecule has 0 bridgehead atoms. The molecule has 1 aliphatic heterocycles. The number of hydrogen-bond donors (Lipinski definition) is 1. The third-order valence-corrected chi connectivity index (χ3v) is 4.48. The van der Waals surface area contributed by atoms with Crippen molar-refractivity contribution in [1.29, 1.82) is 0 Å². The van der Waals surface area contributed by atoms with Gasteiger partial charge in [0, 0.05) is 16.6 Å². The molecule has 2 N–H and O–H groups in total. The molecule has 0 amide bonds. The van der Waals surface area contributed by atoms with Crippen LogP contribution in [0.2, 0.25) is 5.02 Å². The Kier molecular flexibility index (Phi) is 3.78. The zero-order valence-electron chi connectivity index (χ0n) is 9.47. The zero-order valence-corrected chi connectivity index (χ0v) is 11.8. The molecule has 17 heavy (non-hydrogen) atoms. The molecule has 2 atom stereocenters. The minimum Gasteiger partial charge on any atom is -0.373 e. The molecule has 1 fully saturated rings. The Morgan fingerprint density at radius 3 is 2.88 bits per heavy atom. The number of benzene rings is 1. The first-order chi connectivity index (χ1) is 7.94. The highest BCUT2D eigenvalue weighted by atomic mass is 79.9. The van der Waals surface area contributed by atoms with Gasteiger partial charge in [0.05, 0.1) is 16.7 Å². The SMILES string of the molecule is CC1(C(N)c2cc(Cl)c(Br)cc2F)CCCO1. The minimum atomic E-state index is -0.504. The molecule has 1 saturated heterocycles. The van der Waals surface area contributed by atoms with Gasteiger partial charge in [-0.15, -0.1) is 0 Å². The molecule has 2 nitrogen and oxygen atoms in total. The van der Waals surface area contributed by atoms with Gasteiger partial charge in [0.2, 0.25) is 0 Å². The number of halogens is 3. The first kappa shape index (κ1) is 13.3. The zero-order chi connectivity index (χ0) is 12.6. The highest BCUT2D eigenvalue weighted by Gasteiger charge is 2.38. The van der Waals surface area contributed by atoms with Gasteiger partial charge >= 0.3 is 0 Å². The summed E-state index contributed by atoms with van der Waals surface area (Å²) in [6.45, 7) is 2.59. The van der Waals surface area contributed by atoms with E-state index < -0.39 is 11.6 Å². The average Bonchev–Trinajstić information content (AvgIpc) is 2.71. The first-order valence-corrected chi connectivity index (χ1v) is 6.65. The normalized spacial score (nSPS) is 26.2. The fourth-order valence-corrected chi connectivity index (χ4v) is 2.64. The predicted molar refractivity (Wildman–Crippen MR) is 69.6 cm³/mol. The van der Waals surface area contributed by atoms with Crippen LogP contribution in [-0.4, -0.2) is 12.2 Å². The van der Waals surface area contributed by atoms with Gasteiger partial charge in [0.1, 0.15) is 5.82 Å². The molecule has 1 aromatic rings. The van der Waals surface area contributed by atoms with Crippen LogP contribution in [-0.2, 0) is 4.74 Å². The van der Waals surface area contributed by atoms with Gasteiger partial charge in [0.15, 0.2) is 0 Å². The average molecular weight is 323 g/mol. The lowest BCUT2D eigenvalue weighted by atomic mass is 9.88. The molecular formula is C12H14BrClFNO. The highest BCUT2D eigenvalue weighted by Crippen LogP contribution is 2.38. The lowest BCUT2D eigenvalue weighted by Gasteiger charge is -2.31. The summed E-state index contributed by atoms with van der Waals surface area (Å²) in [7, 11) is 0. The van der Waals surface area contributed by atoms with Crippen molar-refractivity contribution in [2.45, 2.75) is 31.4 Å². The number of hydrogen-bond acceptors (Lipinski definition) is 2. The van der Waals surface area contributed by atoms with Crippen LogP contribution in [0.15, 0.2) is 16.6 Å². The second-order valence-corrected chi connectivity index (χ2v) is 5.79. The van der Waals surface area contributed by atoms with Crippen molar-refractivity contribution in [3.8, 4) is 0 Å². The Labute approximate surface area is 113 Å². The van der Waals surface area contributed by atoms with Crippen LogP contribution in [0.4, 0.5) is 4.39 Å². The molecule has 0 radical (unpaired) electrons. The van der Waals surface area contributed by atoms with Crippen LogP contribution in [0.5, 0.6) is 0 Å². The van der Waals surface area contributed by atoms with E-state index in [0.29, 0.717) is 21.7 Å². The Morgan fingerprint density at radius 1 is 1.59 bits per heavy atom. The van der Waals surface area contributed by atoms with E-state index >= 15 is 0 Å². The van der Waals surface area contributed by atoms with E-state index in [2.05, 4.69) is 15.9 Å². The standard InChI is InChI=1S/C12H14BrClFNO/c1-12(3-2-4-17-12)11(16)7-5-9(14)8(13)6-10(7)15/h5-6,11H,2-4,16H2,1H3. The number of rotatable bonds is 2. The summed E-state index contributed by atoms with van der Waals surface area (Å²) in [6.07, 6.45) is 1.79. The maximum Gasteiger partial charge on any atom is 0.129 e. The summed E-state index contributed by atoms with van der Waals surface area (Å²) < 4.78 is 20.0. The van der Waals surface area contributed by atoms with Crippen LogP contribution in [0.1, 0.15) is 31.4 Å². The second-order valence-electron chi connectivity index (χ2n) is 4.53. The maximum atomic E-state index is 13.9. The van der Waals surface area contributed by atoms with Crippen LogP contribution < -0.4 is 5.73 Å². The summed E-state index contributed by atoms with van der Waals surface area (Å²) in [6, 6.07) is 2.41. The second kappa shape index (κ2) is 4.84. The number of ether oxygens (including phenoxy) is 1. The lowest BCUT2D eigenvalue weighted by molar-refractivity contribution is -0.00257. The van der Waals surface area contributed by atoms with Crippen LogP contribution in [0, 0.1) is 5.82 Å². The summed E-state index contributed by atoms with van der Waals surface area (Å²) in [4.78, 5) is 0. The van der Waals surface area contributed by atoms with Crippen molar-refractivity contribution >= 4 is 27.5 Å². The molecule has 0 saturated carbocycles. The molecule has 2 unspecified atom stereocenters. The highest BCUT2D eigenvalue weighted by molar-refractivity contribution is 9.10. The molecule has 5 heteroatoms. The Morgan fingerprint density at radius 2 is 2.29 bits per heavy atom. The minimum absolute atomic E-state index is 0.356. The summed E-state index contributed by atoms with van der Waals surface area (Å²) >= 11 is 9.15. The fourth-order valence-electron chi connectivity index (χ4n) is 2.15. The van der Waals surface area contributed by atoms with E-state index in [9.17, 15) is 4.39 Å². The Hall–Kier alpha value is -0.160. The van der Waals surface area contributed by atoms with Gasteiger partial charge in [-0.25, -0.2) is 4.39 Å².